The summed E-state index contributed by atoms with van der Waals surface area (Å²) in [6.45, 7) is 0. The van der Waals surface area contributed by atoms with Crippen molar-refractivity contribution in [2.45, 2.75) is 31.7 Å². The van der Waals surface area contributed by atoms with Crippen LogP contribution in [0.3, 0.4) is 0 Å². The van der Waals surface area contributed by atoms with E-state index in [9.17, 15) is 4.79 Å². The Morgan fingerprint density at radius 2 is 1.96 bits per heavy atom. The Morgan fingerprint density at radius 3 is 2.71 bits per heavy atom. The number of nitrogens with zero attached hydrogens (tertiary/aromatic N) is 3. The van der Waals surface area contributed by atoms with Crippen LogP contribution in [-0.2, 0) is 17.6 Å². The highest BCUT2D eigenvalue weighted by Gasteiger charge is 2.24. The number of carbonyl (C=O) groups excluding carboxylic acids is 1. The minimum Gasteiger partial charge on any atom is -0.497 e. The quantitative estimate of drug-likeness (QED) is 0.742. The van der Waals surface area contributed by atoms with Crippen LogP contribution in [0.4, 0.5) is 0 Å². The van der Waals surface area contributed by atoms with Crippen LogP contribution < -0.4 is 10.1 Å². The van der Waals surface area contributed by atoms with Gasteiger partial charge in [0.15, 0.2) is 5.82 Å². The molecule has 142 valence electrons. The smallest absolute Gasteiger partial charge is 0.224 e. The standard InChI is InChI=1S/C22H22N4O2/c1-28-17-7-5-15(6-8-17)13-21(27)25-19-3-2-4-20-18(19)14-24-22(26-20)16-9-11-23-12-10-16/h5-12,14,19H,2-4,13H2,1H3,(H,25,27)/t19-/m0/s1. The number of aromatic nitrogens is 3. The van der Waals surface area contributed by atoms with E-state index in [-0.39, 0.29) is 11.9 Å². The number of ether oxygens (including phenoxy) is 1. The SMILES string of the molecule is COc1ccc(CC(=O)N[C@H]2CCCc3nc(-c4ccncc4)ncc32)cc1. The van der Waals surface area contributed by atoms with Gasteiger partial charge in [-0.3, -0.25) is 9.78 Å². The first-order chi connectivity index (χ1) is 13.7. The largest absolute Gasteiger partial charge is 0.497 e. The second kappa shape index (κ2) is 8.17. The molecule has 0 bridgehead atoms. The van der Waals surface area contributed by atoms with Gasteiger partial charge in [0.2, 0.25) is 5.91 Å². The number of pyridine rings is 1. The second-order valence-electron chi connectivity index (χ2n) is 6.87. The number of hydrogen-bond donors (Lipinski definition) is 1. The Hall–Kier alpha value is -3.28. The van der Waals surface area contributed by atoms with Crippen molar-refractivity contribution >= 4 is 5.91 Å². The van der Waals surface area contributed by atoms with E-state index in [1.165, 1.54) is 0 Å². The van der Waals surface area contributed by atoms with Crippen LogP contribution in [0.15, 0.2) is 55.0 Å². The van der Waals surface area contributed by atoms with Crippen molar-refractivity contribution in [1.82, 2.24) is 20.3 Å². The first kappa shape index (κ1) is 18.1. The molecule has 6 nitrogen and oxygen atoms in total. The maximum Gasteiger partial charge on any atom is 0.224 e. The molecule has 1 aliphatic carbocycles. The van der Waals surface area contributed by atoms with Crippen molar-refractivity contribution < 1.29 is 9.53 Å². The summed E-state index contributed by atoms with van der Waals surface area (Å²) in [4.78, 5) is 25.8. The molecule has 6 heteroatoms. The second-order valence-corrected chi connectivity index (χ2v) is 6.87. The van der Waals surface area contributed by atoms with Gasteiger partial charge in [0.05, 0.1) is 19.6 Å². The van der Waals surface area contributed by atoms with Crippen molar-refractivity contribution in [1.29, 1.82) is 0 Å². The molecule has 0 unspecified atom stereocenters. The van der Waals surface area contributed by atoms with Gasteiger partial charge in [0.1, 0.15) is 5.75 Å². The molecule has 0 radical (unpaired) electrons. The van der Waals surface area contributed by atoms with E-state index in [1.54, 1.807) is 19.5 Å². The predicted octanol–water partition coefficient (Wildman–Crippen LogP) is 3.28. The highest BCUT2D eigenvalue weighted by atomic mass is 16.5. The predicted molar refractivity (Wildman–Crippen MR) is 106 cm³/mol. The molecule has 1 aromatic carbocycles. The van der Waals surface area contributed by atoms with E-state index in [0.29, 0.717) is 12.2 Å². The lowest BCUT2D eigenvalue weighted by molar-refractivity contribution is -0.121. The zero-order valence-electron chi connectivity index (χ0n) is 15.8. The number of methoxy groups -OCH3 is 1. The van der Waals surface area contributed by atoms with E-state index in [0.717, 1.165) is 47.4 Å². The summed E-state index contributed by atoms with van der Waals surface area (Å²) in [5.74, 6) is 1.49. The Bertz CT molecular complexity index is 958. The number of benzene rings is 1. The topological polar surface area (TPSA) is 77.0 Å². The maximum absolute atomic E-state index is 12.5. The zero-order valence-corrected chi connectivity index (χ0v) is 15.8. The van der Waals surface area contributed by atoms with E-state index in [2.05, 4.69) is 15.3 Å². The summed E-state index contributed by atoms with van der Waals surface area (Å²) in [6.07, 6.45) is 8.47. The molecule has 0 saturated heterocycles. The molecule has 0 saturated carbocycles. The summed E-state index contributed by atoms with van der Waals surface area (Å²) >= 11 is 0. The molecule has 3 aromatic rings. The van der Waals surface area contributed by atoms with Gasteiger partial charge < -0.3 is 10.1 Å². The number of hydrogen-bond acceptors (Lipinski definition) is 5. The Morgan fingerprint density at radius 1 is 1.18 bits per heavy atom. The normalized spacial score (nSPS) is 15.5. The monoisotopic (exact) mass is 374 g/mol. The molecular formula is C22H22N4O2. The van der Waals surface area contributed by atoms with Gasteiger partial charge in [-0.2, -0.15) is 0 Å². The molecular weight excluding hydrogens is 352 g/mol. The fraction of sp³-hybridized carbons (Fsp3) is 0.273. The average molecular weight is 374 g/mol. The molecule has 1 amide bonds. The highest BCUT2D eigenvalue weighted by Crippen LogP contribution is 2.29. The van der Waals surface area contributed by atoms with E-state index in [4.69, 9.17) is 9.72 Å². The molecule has 1 N–H and O–H groups in total. The van der Waals surface area contributed by atoms with Crippen LogP contribution in [0.2, 0.25) is 0 Å². The van der Waals surface area contributed by atoms with Crippen molar-refractivity contribution in [2.24, 2.45) is 0 Å². The van der Waals surface area contributed by atoms with E-state index >= 15 is 0 Å². The lowest BCUT2D eigenvalue weighted by Crippen LogP contribution is -2.32. The van der Waals surface area contributed by atoms with Crippen molar-refractivity contribution in [2.75, 3.05) is 7.11 Å². The first-order valence-electron chi connectivity index (χ1n) is 9.41. The lowest BCUT2D eigenvalue weighted by atomic mass is 9.92. The maximum atomic E-state index is 12.5. The van der Waals surface area contributed by atoms with Crippen LogP contribution in [0.5, 0.6) is 5.75 Å². The molecule has 0 fully saturated rings. The summed E-state index contributed by atoms with van der Waals surface area (Å²) in [5, 5.41) is 3.15. The van der Waals surface area contributed by atoms with Gasteiger partial charge in [-0.25, -0.2) is 9.97 Å². The van der Waals surface area contributed by atoms with Gasteiger partial charge in [-0.15, -0.1) is 0 Å². The number of amides is 1. The first-order valence-corrected chi connectivity index (χ1v) is 9.41. The number of nitrogens with one attached hydrogen (secondary N) is 1. The lowest BCUT2D eigenvalue weighted by Gasteiger charge is -2.25. The average Bonchev–Trinajstić information content (AvgIpc) is 2.75. The van der Waals surface area contributed by atoms with Crippen LogP contribution in [0.25, 0.3) is 11.4 Å². The molecule has 1 atom stereocenters. The van der Waals surface area contributed by atoms with Crippen LogP contribution in [0.1, 0.15) is 35.7 Å². The minimum absolute atomic E-state index is 0.00114. The van der Waals surface area contributed by atoms with Gasteiger partial charge >= 0.3 is 0 Å². The molecule has 2 aromatic heterocycles. The third-order valence-electron chi connectivity index (χ3n) is 4.98. The molecule has 0 spiro atoms. The summed E-state index contributed by atoms with van der Waals surface area (Å²) < 4.78 is 5.16. The van der Waals surface area contributed by atoms with Gasteiger partial charge in [-0.05, 0) is 49.1 Å². The molecule has 4 rings (SSSR count). The van der Waals surface area contributed by atoms with Crippen molar-refractivity contribution in [3.63, 3.8) is 0 Å². The highest BCUT2D eigenvalue weighted by molar-refractivity contribution is 5.79. The van der Waals surface area contributed by atoms with Crippen LogP contribution in [-0.4, -0.2) is 28.0 Å². The van der Waals surface area contributed by atoms with Crippen LogP contribution >= 0.6 is 0 Å². The Labute approximate surface area is 164 Å². The number of aryl methyl sites for hydroxylation is 1. The molecule has 28 heavy (non-hydrogen) atoms. The Kier molecular flexibility index (Phi) is 5.28. The fourth-order valence-corrected chi connectivity index (χ4v) is 3.51. The summed E-state index contributed by atoms with van der Waals surface area (Å²) in [5.41, 5.74) is 3.94. The number of fused-ring (bicyclic) bond motifs is 1. The van der Waals surface area contributed by atoms with Crippen molar-refractivity contribution in [3.8, 4) is 17.1 Å². The third-order valence-corrected chi connectivity index (χ3v) is 4.98. The molecule has 0 aliphatic heterocycles. The summed E-state index contributed by atoms with van der Waals surface area (Å²) in [6, 6.07) is 11.3. The van der Waals surface area contributed by atoms with Gasteiger partial charge in [0.25, 0.3) is 0 Å². The molecule has 1 aliphatic rings. The zero-order chi connectivity index (χ0) is 19.3. The van der Waals surface area contributed by atoms with Gasteiger partial charge in [0, 0.05) is 35.4 Å². The fourth-order valence-electron chi connectivity index (χ4n) is 3.51. The Balaban J connectivity index is 1.47. The van der Waals surface area contributed by atoms with Gasteiger partial charge in [-0.1, -0.05) is 12.1 Å². The summed E-state index contributed by atoms with van der Waals surface area (Å²) in [7, 11) is 1.63. The van der Waals surface area contributed by atoms with Crippen LogP contribution in [0, 0.1) is 0 Å². The number of carbonyl (C=O) groups is 1. The minimum atomic E-state index is -0.0408. The van der Waals surface area contributed by atoms with Crippen molar-refractivity contribution in [3.05, 3.63) is 71.8 Å². The van der Waals surface area contributed by atoms with E-state index < -0.39 is 0 Å². The molecule has 2 heterocycles. The third kappa shape index (κ3) is 4.01. The van der Waals surface area contributed by atoms with E-state index in [1.807, 2.05) is 42.6 Å². The number of rotatable bonds is 5.